The van der Waals surface area contributed by atoms with E-state index in [4.69, 9.17) is 25.6 Å². The first-order valence-electron chi connectivity index (χ1n) is 14.2. The molecule has 1 saturated heterocycles. The lowest BCUT2D eigenvalue weighted by atomic mass is 9.84. The van der Waals surface area contributed by atoms with Gasteiger partial charge in [-0.05, 0) is 43.5 Å². The summed E-state index contributed by atoms with van der Waals surface area (Å²) in [6.45, 7) is 4.59. The molecule has 1 aromatic carbocycles. The maximum atomic E-state index is 13.3. The highest BCUT2D eigenvalue weighted by atomic mass is 32.3. The average Bonchev–Trinajstić information content (AvgIpc) is 3.44. The van der Waals surface area contributed by atoms with Crippen molar-refractivity contribution in [2.75, 3.05) is 37.4 Å². The van der Waals surface area contributed by atoms with Crippen molar-refractivity contribution < 1.29 is 41.0 Å². The molecule has 1 fully saturated rings. The highest BCUT2D eigenvalue weighted by molar-refractivity contribution is 7.80. The van der Waals surface area contributed by atoms with Gasteiger partial charge in [-0.25, -0.2) is 9.55 Å². The number of benzene rings is 1. The molecule has 2 aromatic heterocycles. The van der Waals surface area contributed by atoms with Gasteiger partial charge in [-0.15, -0.1) is 15.6 Å². The Balaban J connectivity index is 1.23. The quantitative estimate of drug-likeness (QED) is 0.0578. The Hall–Kier alpha value is -4.36. The number of anilines is 2. The smallest absolute Gasteiger partial charge is 0.418 e. The minimum absolute atomic E-state index is 0.0732. The standard InChI is InChI=1S/C28H34N8O8S2/c1-28(2)24(26(38)36(28)44-46(39,40)41)33-25(37)23(20-15-45-27(30)32-20)34-43-14-16-10-18-5-4-17(11-21(18)42-13-16)19-6-7-22(31-9-8-29)35(3)12-19/h4-7,11-12,15-16,24H,8-10,13-14,29H2,1-3H3,(H4,30,32,33,37,39,40,41)/p+1/b34-23-/t16-,24?/m0/s1. The number of aromatic nitrogens is 2. The van der Waals surface area contributed by atoms with Gasteiger partial charge >= 0.3 is 10.4 Å². The first-order valence-corrected chi connectivity index (χ1v) is 16.4. The second kappa shape index (κ2) is 13.2. The Morgan fingerprint density at radius 2 is 2.07 bits per heavy atom. The van der Waals surface area contributed by atoms with Crippen LogP contribution in [0.4, 0.5) is 10.9 Å². The monoisotopic (exact) mass is 675 g/mol. The third-order valence-corrected chi connectivity index (χ3v) is 8.55. The summed E-state index contributed by atoms with van der Waals surface area (Å²) in [5, 5.41) is 12.0. The number of aryl methyl sites for hydroxylation is 1. The molecule has 2 aliphatic rings. The second-order valence-corrected chi connectivity index (χ2v) is 13.2. The van der Waals surface area contributed by atoms with E-state index >= 15 is 0 Å². The maximum absolute atomic E-state index is 13.3. The van der Waals surface area contributed by atoms with Crippen molar-refractivity contribution >= 4 is 50.2 Å². The lowest BCUT2D eigenvalue weighted by Crippen LogP contribution is -2.76. The van der Waals surface area contributed by atoms with Gasteiger partial charge in [-0.3, -0.25) is 19.5 Å². The number of nitrogens with one attached hydrogen (secondary N) is 2. The molecule has 2 amide bonds. The summed E-state index contributed by atoms with van der Waals surface area (Å²) in [5.41, 5.74) is 13.0. The number of nitrogens with zero attached hydrogens (tertiary/aromatic N) is 4. The van der Waals surface area contributed by atoms with Gasteiger partial charge in [0.2, 0.25) is 0 Å². The third-order valence-electron chi connectivity index (χ3n) is 7.53. The second-order valence-electron chi connectivity index (χ2n) is 11.3. The number of nitrogen functional groups attached to an aromatic ring is 1. The molecular weight excluding hydrogens is 640 g/mol. The Bertz CT molecular complexity index is 1780. The maximum Gasteiger partial charge on any atom is 0.418 e. The molecule has 16 nitrogen and oxygen atoms in total. The summed E-state index contributed by atoms with van der Waals surface area (Å²) in [7, 11) is -2.98. The van der Waals surface area contributed by atoms with Crippen LogP contribution in [0.5, 0.6) is 5.75 Å². The van der Waals surface area contributed by atoms with Crippen molar-refractivity contribution in [2.45, 2.75) is 31.8 Å². The summed E-state index contributed by atoms with van der Waals surface area (Å²) in [6.07, 6.45) is 2.69. The SMILES string of the molecule is C[n+]1cc(-c2ccc3c(c2)OC[C@@H](CO/N=C(\C(=O)NC2C(=O)N(OS(=O)(=O)O)C2(C)C)c2csc(N)n2)C3)ccc1NCCN. The fourth-order valence-electron chi connectivity index (χ4n) is 5.11. The summed E-state index contributed by atoms with van der Waals surface area (Å²) >= 11 is 1.09. The predicted molar refractivity (Wildman–Crippen MR) is 168 cm³/mol. The predicted octanol–water partition coefficient (Wildman–Crippen LogP) is 0.399. The number of ether oxygens (including phenoxy) is 1. The van der Waals surface area contributed by atoms with Crippen molar-refractivity contribution in [2.24, 2.45) is 23.9 Å². The molecule has 5 rings (SSSR count). The van der Waals surface area contributed by atoms with E-state index in [1.807, 2.05) is 48.1 Å². The van der Waals surface area contributed by atoms with Crippen LogP contribution in [0.25, 0.3) is 11.1 Å². The highest BCUT2D eigenvalue weighted by Crippen LogP contribution is 2.34. The van der Waals surface area contributed by atoms with E-state index in [9.17, 15) is 18.0 Å². The van der Waals surface area contributed by atoms with E-state index in [1.54, 1.807) is 0 Å². The van der Waals surface area contributed by atoms with Gasteiger partial charge in [0.05, 0.1) is 31.9 Å². The number of oxime groups is 1. The average molecular weight is 676 g/mol. The van der Waals surface area contributed by atoms with Crippen LogP contribution >= 0.6 is 11.3 Å². The minimum Gasteiger partial charge on any atom is -0.493 e. The number of carbonyl (C=O) groups excluding carboxylic acids is 2. The van der Waals surface area contributed by atoms with Crippen LogP contribution in [0.15, 0.2) is 47.1 Å². The molecule has 46 heavy (non-hydrogen) atoms. The van der Waals surface area contributed by atoms with Gasteiger partial charge in [0.1, 0.15) is 24.1 Å². The van der Waals surface area contributed by atoms with E-state index in [-0.39, 0.29) is 29.1 Å². The zero-order chi connectivity index (χ0) is 33.2. The van der Waals surface area contributed by atoms with Crippen LogP contribution in [0.3, 0.4) is 0 Å². The number of amides is 2. The minimum atomic E-state index is -4.95. The highest BCUT2D eigenvalue weighted by Gasteiger charge is 2.58. The van der Waals surface area contributed by atoms with E-state index in [2.05, 4.69) is 25.1 Å². The Morgan fingerprint density at radius 1 is 1.30 bits per heavy atom. The molecule has 7 N–H and O–H groups in total. The van der Waals surface area contributed by atoms with Crippen LogP contribution in [0, 0.1) is 5.92 Å². The van der Waals surface area contributed by atoms with Gasteiger partial charge < -0.3 is 26.4 Å². The number of fused-ring (bicyclic) bond motifs is 1. The van der Waals surface area contributed by atoms with Gasteiger partial charge in [0.15, 0.2) is 10.8 Å². The molecule has 3 aromatic rings. The lowest BCUT2D eigenvalue weighted by molar-refractivity contribution is -0.656. The van der Waals surface area contributed by atoms with Crippen LogP contribution in [0.2, 0.25) is 0 Å². The summed E-state index contributed by atoms with van der Waals surface area (Å²) in [5.74, 6) is -0.0257. The van der Waals surface area contributed by atoms with Crippen LogP contribution in [-0.4, -0.2) is 78.4 Å². The van der Waals surface area contributed by atoms with Crippen molar-refractivity contribution in [3.63, 3.8) is 0 Å². The summed E-state index contributed by atoms with van der Waals surface area (Å²) in [4.78, 5) is 35.5. The van der Waals surface area contributed by atoms with E-state index in [0.29, 0.717) is 31.2 Å². The van der Waals surface area contributed by atoms with Crippen LogP contribution in [-0.2, 0) is 42.6 Å². The van der Waals surface area contributed by atoms with E-state index in [0.717, 1.165) is 39.6 Å². The third kappa shape index (κ3) is 7.20. The molecule has 2 aliphatic heterocycles. The number of nitrogens with two attached hydrogens (primary N) is 2. The Morgan fingerprint density at radius 3 is 2.72 bits per heavy atom. The molecule has 0 saturated carbocycles. The molecule has 246 valence electrons. The number of pyridine rings is 1. The van der Waals surface area contributed by atoms with Crippen molar-refractivity contribution in [3.05, 3.63) is 53.2 Å². The molecule has 0 aliphatic carbocycles. The summed E-state index contributed by atoms with van der Waals surface area (Å²) in [6, 6.07) is 8.91. The lowest BCUT2D eigenvalue weighted by Gasteiger charge is -2.50. The first-order chi connectivity index (χ1) is 21.8. The normalized spacial score (nSPS) is 19.1. The van der Waals surface area contributed by atoms with Crippen LogP contribution in [0.1, 0.15) is 25.1 Å². The molecule has 0 radical (unpaired) electrons. The molecule has 2 atom stereocenters. The zero-order valence-electron chi connectivity index (χ0n) is 25.3. The number of hydroxylamine groups is 2. The fraction of sp³-hybridized carbons (Fsp3) is 0.393. The summed E-state index contributed by atoms with van der Waals surface area (Å²) < 4.78 is 43.6. The largest absolute Gasteiger partial charge is 0.493 e. The Labute approximate surface area is 269 Å². The van der Waals surface area contributed by atoms with Gasteiger partial charge in [0, 0.05) is 29.5 Å². The van der Waals surface area contributed by atoms with E-state index < -0.39 is 33.8 Å². The zero-order valence-corrected chi connectivity index (χ0v) is 26.9. The number of carbonyl (C=O) groups is 2. The number of thiazole rings is 1. The number of β-lactam (4-membered cyclic amide) rings is 1. The van der Waals surface area contributed by atoms with Crippen molar-refractivity contribution in [3.8, 4) is 16.9 Å². The number of hydrogen-bond donors (Lipinski definition) is 5. The first kappa shape index (κ1) is 33.0. The number of rotatable bonds is 12. The molecule has 0 bridgehead atoms. The van der Waals surface area contributed by atoms with Crippen molar-refractivity contribution in [1.29, 1.82) is 0 Å². The van der Waals surface area contributed by atoms with Gasteiger partial charge in [-0.2, -0.15) is 13.5 Å². The van der Waals surface area contributed by atoms with Gasteiger partial charge in [-0.1, -0.05) is 17.3 Å². The molecule has 1 unspecified atom stereocenters. The Kier molecular flexibility index (Phi) is 9.45. The molecule has 4 heterocycles. The topological polar surface area (TPSA) is 225 Å². The molecular formula is C28H35N8O8S2+. The van der Waals surface area contributed by atoms with Crippen molar-refractivity contribution in [1.82, 2.24) is 15.4 Å². The molecule has 0 spiro atoms. The molecule has 18 heteroatoms. The van der Waals surface area contributed by atoms with Crippen LogP contribution < -0.4 is 31.4 Å². The van der Waals surface area contributed by atoms with E-state index in [1.165, 1.54) is 19.2 Å². The number of hydrogen-bond acceptors (Lipinski definition) is 13. The fourth-order valence-corrected chi connectivity index (χ4v) is 6.11. The van der Waals surface area contributed by atoms with Gasteiger partial charge in [0.25, 0.3) is 17.6 Å².